The maximum atomic E-state index is 12.3. The molecular weight excluding hydrogens is 398 g/mol. The van der Waals surface area contributed by atoms with Crippen molar-refractivity contribution in [2.24, 2.45) is 0 Å². The van der Waals surface area contributed by atoms with Gasteiger partial charge in [0.1, 0.15) is 0 Å². The molecule has 0 radical (unpaired) electrons. The molecule has 0 saturated carbocycles. The van der Waals surface area contributed by atoms with E-state index in [0.717, 1.165) is 11.8 Å². The number of carbonyl (C=O) groups excluding carboxylic acids is 2. The fourth-order valence-corrected chi connectivity index (χ4v) is 3.46. The Labute approximate surface area is 168 Å². The lowest BCUT2D eigenvalue weighted by Gasteiger charge is -2.15. The Bertz CT molecular complexity index is 1060. The third-order valence-corrected chi connectivity index (χ3v) is 5.58. The second-order valence-electron chi connectivity index (χ2n) is 6.73. The van der Waals surface area contributed by atoms with Crippen LogP contribution in [0.25, 0.3) is 0 Å². The van der Waals surface area contributed by atoms with Crippen molar-refractivity contribution in [2.75, 3.05) is 19.7 Å². The van der Waals surface area contributed by atoms with Crippen LogP contribution in [0.5, 0.6) is 11.5 Å². The molecular formula is C20H21NO7S. The van der Waals surface area contributed by atoms with E-state index < -0.39 is 28.3 Å². The molecule has 1 heterocycles. The molecule has 0 spiro atoms. The number of nitrogens with one attached hydrogen (secondary N) is 1. The largest absolute Gasteiger partial charge is 0.454 e. The first-order valence-electron chi connectivity index (χ1n) is 8.82. The molecule has 1 unspecified atom stereocenters. The quantitative estimate of drug-likeness (QED) is 0.715. The number of fused-ring (bicyclic) bond motifs is 1. The van der Waals surface area contributed by atoms with E-state index in [4.69, 9.17) is 14.2 Å². The van der Waals surface area contributed by atoms with Crippen molar-refractivity contribution in [3.8, 4) is 11.5 Å². The Morgan fingerprint density at radius 1 is 1.14 bits per heavy atom. The molecule has 3 rings (SSSR count). The average molecular weight is 419 g/mol. The van der Waals surface area contributed by atoms with Crippen molar-refractivity contribution in [3.05, 3.63) is 53.1 Å². The third kappa shape index (κ3) is 4.86. The van der Waals surface area contributed by atoms with Crippen LogP contribution in [0.2, 0.25) is 0 Å². The summed E-state index contributed by atoms with van der Waals surface area (Å²) in [5.41, 5.74) is 1.46. The summed E-state index contributed by atoms with van der Waals surface area (Å²) < 4.78 is 39.0. The van der Waals surface area contributed by atoms with Gasteiger partial charge in [-0.2, -0.15) is 0 Å². The molecule has 0 aliphatic carbocycles. The van der Waals surface area contributed by atoms with E-state index in [0.29, 0.717) is 17.1 Å². The van der Waals surface area contributed by atoms with Gasteiger partial charge in [-0.15, -0.1) is 0 Å². The highest BCUT2D eigenvalue weighted by atomic mass is 32.2. The fourth-order valence-electron chi connectivity index (χ4n) is 2.81. The second kappa shape index (κ2) is 8.12. The van der Waals surface area contributed by atoms with E-state index in [2.05, 4.69) is 5.32 Å². The van der Waals surface area contributed by atoms with Crippen LogP contribution in [-0.2, 0) is 19.4 Å². The smallest absolute Gasteiger partial charge is 0.338 e. The highest BCUT2D eigenvalue weighted by Crippen LogP contribution is 2.34. The summed E-state index contributed by atoms with van der Waals surface area (Å²) in [5.74, 6) is 0.00322. The number of amides is 1. The lowest BCUT2D eigenvalue weighted by Crippen LogP contribution is -2.31. The molecule has 9 heteroatoms. The maximum Gasteiger partial charge on any atom is 0.338 e. The Balaban J connectivity index is 1.60. The van der Waals surface area contributed by atoms with E-state index in [9.17, 15) is 18.0 Å². The zero-order valence-corrected chi connectivity index (χ0v) is 17.0. The van der Waals surface area contributed by atoms with Gasteiger partial charge in [-0.25, -0.2) is 13.2 Å². The third-order valence-electron chi connectivity index (χ3n) is 4.47. The number of carbonyl (C=O) groups is 2. The molecule has 0 aromatic heterocycles. The summed E-state index contributed by atoms with van der Waals surface area (Å²) in [6.07, 6.45) is 1.05. The molecule has 1 atom stereocenters. The van der Waals surface area contributed by atoms with Crippen LogP contribution < -0.4 is 14.8 Å². The molecule has 2 aromatic rings. The van der Waals surface area contributed by atoms with Gasteiger partial charge in [-0.1, -0.05) is 12.1 Å². The van der Waals surface area contributed by atoms with Gasteiger partial charge in [-0.3, -0.25) is 4.79 Å². The molecule has 0 fully saturated rings. The lowest BCUT2D eigenvalue weighted by atomic mass is 10.1. The Kier molecular flexibility index (Phi) is 5.78. The maximum absolute atomic E-state index is 12.3. The molecule has 1 amide bonds. The van der Waals surface area contributed by atoms with Gasteiger partial charge in [0, 0.05) is 6.26 Å². The Hall–Kier alpha value is -3.07. The molecule has 29 heavy (non-hydrogen) atoms. The highest BCUT2D eigenvalue weighted by molar-refractivity contribution is 7.90. The number of sulfone groups is 1. The first-order chi connectivity index (χ1) is 13.6. The highest BCUT2D eigenvalue weighted by Gasteiger charge is 2.19. The topological polar surface area (TPSA) is 108 Å². The van der Waals surface area contributed by atoms with Gasteiger partial charge < -0.3 is 19.5 Å². The van der Waals surface area contributed by atoms with E-state index >= 15 is 0 Å². The minimum absolute atomic E-state index is 0.0101. The minimum atomic E-state index is -3.46. The van der Waals surface area contributed by atoms with Gasteiger partial charge in [-0.05, 0) is 49.2 Å². The zero-order chi connectivity index (χ0) is 21.2. The van der Waals surface area contributed by atoms with E-state index in [1.165, 1.54) is 18.2 Å². The summed E-state index contributed by atoms with van der Waals surface area (Å²) in [4.78, 5) is 24.5. The van der Waals surface area contributed by atoms with Crippen LogP contribution in [0.3, 0.4) is 0 Å². The summed E-state index contributed by atoms with van der Waals surface area (Å²) in [7, 11) is -3.46. The van der Waals surface area contributed by atoms with Crippen molar-refractivity contribution in [3.63, 3.8) is 0 Å². The average Bonchev–Trinajstić information content (AvgIpc) is 3.13. The first-order valence-corrected chi connectivity index (χ1v) is 10.7. The van der Waals surface area contributed by atoms with Crippen LogP contribution in [0.1, 0.15) is 34.5 Å². The number of rotatable bonds is 6. The molecule has 1 N–H and O–H groups in total. The van der Waals surface area contributed by atoms with Gasteiger partial charge in [0.05, 0.1) is 16.5 Å². The SMILES string of the molecule is Cc1ccc(S(C)(=O)=O)cc1C(=O)OCC(=O)NC(C)c1ccc2c(c1)OCO2. The van der Waals surface area contributed by atoms with Crippen LogP contribution in [0.15, 0.2) is 41.3 Å². The van der Waals surface area contributed by atoms with Crippen LogP contribution in [0, 0.1) is 6.92 Å². The number of ether oxygens (including phenoxy) is 3. The number of benzene rings is 2. The molecule has 0 bridgehead atoms. The molecule has 1 aliphatic heterocycles. The van der Waals surface area contributed by atoms with Crippen molar-refractivity contribution < 1.29 is 32.2 Å². The van der Waals surface area contributed by atoms with Crippen molar-refractivity contribution in [1.82, 2.24) is 5.32 Å². The van der Waals surface area contributed by atoms with Gasteiger partial charge in [0.15, 0.2) is 27.9 Å². The van der Waals surface area contributed by atoms with Crippen molar-refractivity contribution >= 4 is 21.7 Å². The second-order valence-corrected chi connectivity index (χ2v) is 8.74. The van der Waals surface area contributed by atoms with Crippen LogP contribution in [-0.4, -0.2) is 39.9 Å². The predicted octanol–water partition coefficient (Wildman–Crippen LogP) is 2.16. The van der Waals surface area contributed by atoms with Gasteiger partial charge in [0.2, 0.25) is 6.79 Å². The summed E-state index contributed by atoms with van der Waals surface area (Å²) in [5, 5.41) is 2.74. The molecule has 2 aromatic carbocycles. The standard InChI is InChI=1S/C20H21NO7S/c1-12-4-6-15(29(3,24)25)9-16(12)20(23)26-10-19(22)21-13(2)14-5-7-17-18(8-14)28-11-27-17/h4-9,13H,10-11H2,1-3H3,(H,21,22). The number of hydrogen-bond donors (Lipinski definition) is 1. The van der Waals surface area contributed by atoms with Crippen LogP contribution in [0.4, 0.5) is 0 Å². The van der Waals surface area contributed by atoms with E-state index in [-0.39, 0.29) is 23.3 Å². The summed E-state index contributed by atoms with van der Waals surface area (Å²) >= 11 is 0. The Morgan fingerprint density at radius 3 is 2.59 bits per heavy atom. The zero-order valence-electron chi connectivity index (χ0n) is 16.2. The van der Waals surface area contributed by atoms with Crippen molar-refractivity contribution in [1.29, 1.82) is 0 Å². The normalized spacial score (nSPS) is 13.6. The number of esters is 1. The monoisotopic (exact) mass is 419 g/mol. The number of aryl methyl sites for hydroxylation is 1. The predicted molar refractivity (Wildman–Crippen MR) is 104 cm³/mol. The molecule has 8 nitrogen and oxygen atoms in total. The van der Waals surface area contributed by atoms with Crippen molar-refractivity contribution in [2.45, 2.75) is 24.8 Å². The first kappa shape index (κ1) is 20.7. The van der Waals surface area contributed by atoms with Gasteiger partial charge in [0.25, 0.3) is 5.91 Å². The minimum Gasteiger partial charge on any atom is -0.454 e. The van der Waals surface area contributed by atoms with Gasteiger partial charge >= 0.3 is 5.97 Å². The summed E-state index contributed by atoms with van der Waals surface area (Å²) in [6, 6.07) is 9.20. The van der Waals surface area contributed by atoms with Crippen LogP contribution >= 0.6 is 0 Å². The molecule has 1 aliphatic rings. The van der Waals surface area contributed by atoms with E-state index in [1.54, 1.807) is 26.0 Å². The fraction of sp³-hybridized carbons (Fsp3) is 0.300. The summed E-state index contributed by atoms with van der Waals surface area (Å²) in [6.45, 7) is 3.12. The molecule has 154 valence electrons. The number of hydrogen-bond acceptors (Lipinski definition) is 7. The Morgan fingerprint density at radius 2 is 1.86 bits per heavy atom. The van der Waals surface area contributed by atoms with E-state index in [1.807, 2.05) is 6.07 Å². The lowest BCUT2D eigenvalue weighted by molar-refractivity contribution is -0.124. The molecule has 0 saturated heterocycles.